The summed E-state index contributed by atoms with van der Waals surface area (Å²) in [5, 5.41) is 12.1. The van der Waals surface area contributed by atoms with Crippen molar-refractivity contribution in [3.8, 4) is 5.75 Å². The largest absolute Gasteiger partial charge is 0.493 e. The maximum Gasteiger partial charge on any atom is 0.252 e. The number of aromatic nitrogens is 2. The van der Waals surface area contributed by atoms with Gasteiger partial charge in [-0.05, 0) is 61.7 Å². The number of nitrogens with zero attached hydrogens (tertiary/aromatic N) is 2. The summed E-state index contributed by atoms with van der Waals surface area (Å²) in [4.78, 5) is 12.8. The third kappa shape index (κ3) is 8.41. The number of carbonyl (C=O) groups is 1. The SMILES string of the molecule is Cc1cc(CC(NCC(C)C)NC(=O)c2ccccc2)nn1Cc1cc(Cl)ccc1OCC(C)C. The van der Waals surface area contributed by atoms with E-state index < -0.39 is 0 Å². The van der Waals surface area contributed by atoms with Crippen molar-refractivity contribution in [1.82, 2.24) is 20.4 Å². The van der Waals surface area contributed by atoms with E-state index in [9.17, 15) is 4.79 Å². The molecule has 1 unspecified atom stereocenters. The lowest BCUT2D eigenvalue weighted by Gasteiger charge is -2.21. The first-order valence-corrected chi connectivity index (χ1v) is 12.6. The number of ether oxygens (including phenoxy) is 1. The van der Waals surface area contributed by atoms with E-state index in [2.05, 4.69) is 44.4 Å². The highest BCUT2D eigenvalue weighted by molar-refractivity contribution is 6.30. The van der Waals surface area contributed by atoms with E-state index in [0.29, 0.717) is 42.0 Å². The fourth-order valence-corrected chi connectivity index (χ4v) is 3.86. The molecule has 3 aromatic rings. The van der Waals surface area contributed by atoms with E-state index >= 15 is 0 Å². The molecule has 1 atom stereocenters. The summed E-state index contributed by atoms with van der Waals surface area (Å²) in [5.41, 5.74) is 3.57. The van der Waals surface area contributed by atoms with Gasteiger partial charge < -0.3 is 10.1 Å². The van der Waals surface area contributed by atoms with Crippen molar-refractivity contribution in [2.75, 3.05) is 13.2 Å². The van der Waals surface area contributed by atoms with Crippen LogP contribution in [-0.4, -0.2) is 35.0 Å². The zero-order valence-electron chi connectivity index (χ0n) is 21.3. The van der Waals surface area contributed by atoms with Crippen LogP contribution in [0.3, 0.4) is 0 Å². The standard InChI is InChI=1S/C28H37ClN4O2/c1-19(2)16-30-27(31-28(34)22-9-7-6-8-10-22)15-25-13-21(5)33(32-25)17-23-14-24(29)11-12-26(23)35-18-20(3)4/h6-14,19-20,27,30H,15-18H2,1-5H3,(H,31,34). The Bertz CT molecular complexity index is 1100. The zero-order chi connectivity index (χ0) is 25.4. The Hall–Kier alpha value is -2.83. The molecular weight excluding hydrogens is 460 g/mol. The molecule has 2 N–H and O–H groups in total. The van der Waals surface area contributed by atoms with Crippen molar-refractivity contribution in [1.29, 1.82) is 0 Å². The third-order valence-corrected chi connectivity index (χ3v) is 5.71. The fourth-order valence-electron chi connectivity index (χ4n) is 3.66. The highest BCUT2D eigenvalue weighted by Crippen LogP contribution is 2.25. The summed E-state index contributed by atoms with van der Waals surface area (Å²) < 4.78 is 7.98. The number of rotatable bonds is 12. The minimum atomic E-state index is -0.232. The van der Waals surface area contributed by atoms with Gasteiger partial charge in [0.05, 0.1) is 25.0 Å². The molecule has 1 amide bonds. The Kier molecular flexibility index (Phi) is 9.75. The average molecular weight is 497 g/mol. The molecule has 0 spiro atoms. The summed E-state index contributed by atoms with van der Waals surface area (Å²) in [7, 11) is 0. The molecule has 0 aliphatic heterocycles. The number of carbonyl (C=O) groups excluding carboxylic acids is 1. The van der Waals surface area contributed by atoms with Crippen LogP contribution in [0.15, 0.2) is 54.6 Å². The van der Waals surface area contributed by atoms with E-state index in [-0.39, 0.29) is 12.1 Å². The lowest BCUT2D eigenvalue weighted by molar-refractivity contribution is 0.0928. The number of hydrogen-bond donors (Lipinski definition) is 2. The number of aryl methyl sites for hydroxylation is 1. The maximum absolute atomic E-state index is 12.8. The molecule has 0 saturated heterocycles. The molecule has 0 fully saturated rings. The van der Waals surface area contributed by atoms with E-state index in [1.807, 2.05) is 60.1 Å². The molecule has 6 nitrogen and oxygen atoms in total. The Balaban J connectivity index is 1.75. The van der Waals surface area contributed by atoms with Gasteiger partial charge in [0.1, 0.15) is 5.75 Å². The highest BCUT2D eigenvalue weighted by Gasteiger charge is 2.17. The molecule has 3 rings (SSSR count). The Morgan fingerprint density at radius 3 is 2.49 bits per heavy atom. The first-order valence-electron chi connectivity index (χ1n) is 12.2. The van der Waals surface area contributed by atoms with Crippen LogP contribution >= 0.6 is 11.6 Å². The van der Waals surface area contributed by atoms with E-state index in [1.165, 1.54) is 0 Å². The van der Waals surface area contributed by atoms with Gasteiger partial charge in [-0.3, -0.25) is 14.8 Å². The van der Waals surface area contributed by atoms with Crippen molar-refractivity contribution in [3.05, 3.63) is 82.1 Å². The smallest absolute Gasteiger partial charge is 0.252 e. The predicted molar refractivity (Wildman–Crippen MR) is 142 cm³/mol. The second-order valence-electron chi connectivity index (χ2n) is 9.79. The second-order valence-corrected chi connectivity index (χ2v) is 10.2. The van der Waals surface area contributed by atoms with Crippen LogP contribution in [0.4, 0.5) is 0 Å². The van der Waals surface area contributed by atoms with Gasteiger partial charge in [0.2, 0.25) is 0 Å². The van der Waals surface area contributed by atoms with Crippen molar-refractivity contribution in [2.45, 2.75) is 53.8 Å². The molecule has 35 heavy (non-hydrogen) atoms. The third-order valence-electron chi connectivity index (χ3n) is 5.47. The molecule has 0 radical (unpaired) electrons. The zero-order valence-corrected chi connectivity index (χ0v) is 22.1. The molecule has 1 heterocycles. The first-order chi connectivity index (χ1) is 16.7. The minimum Gasteiger partial charge on any atom is -0.493 e. The van der Waals surface area contributed by atoms with Gasteiger partial charge in [-0.2, -0.15) is 5.10 Å². The maximum atomic E-state index is 12.8. The van der Waals surface area contributed by atoms with Gasteiger partial charge in [-0.25, -0.2) is 0 Å². The normalized spacial score (nSPS) is 12.2. The lowest BCUT2D eigenvalue weighted by Crippen LogP contribution is -2.48. The highest BCUT2D eigenvalue weighted by atomic mass is 35.5. The second kappa shape index (κ2) is 12.8. The van der Waals surface area contributed by atoms with Crippen molar-refractivity contribution < 1.29 is 9.53 Å². The fraction of sp³-hybridized carbons (Fsp3) is 0.429. The van der Waals surface area contributed by atoms with Crippen LogP contribution < -0.4 is 15.4 Å². The number of benzene rings is 2. The van der Waals surface area contributed by atoms with Crippen molar-refractivity contribution >= 4 is 17.5 Å². The molecule has 188 valence electrons. The number of halogens is 1. The molecule has 0 saturated carbocycles. The molecule has 0 aliphatic rings. The van der Waals surface area contributed by atoms with Gasteiger partial charge in [-0.15, -0.1) is 0 Å². The van der Waals surface area contributed by atoms with E-state index in [0.717, 1.165) is 29.2 Å². The van der Waals surface area contributed by atoms with Crippen molar-refractivity contribution in [2.24, 2.45) is 11.8 Å². The predicted octanol–water partition coefficient (Wildman–Crippen LogP) is 5.47. The Morgan fingerprint density at radius 2 is 1.80 bits per heavy atom. The van der Waals surface area contributed by atoms with E-state index in [4.69, 9.17) is 21.4 Å². The molecule has 0 bridgehead atoms. The van der Waals surface area contributed by atoms with Crippen LogP contribution in [0.2, 0.25) is 5.02 Å². The summed E-state index contributed by atoms with van der Waals surface area (Å²) in [6.45, 7) is 12.6. The molecule has 7 heteroatoms. The number of amides is 1. The quantitative estimate of drug-likeness (QED) is 0.326. The molecular formula is C28H37ClN4O2. The summed E-state index contributed by atoms with van der Waals surface area (Å²) in [5.74, 6) is 1.61. The van der Waals surface area contributed by atoms with Crippen LogP contribution in [0.5, 0.6) is 5.75 Å². The average Bonchev–Trinajstić information content (AvgIpc) is 3.15. The van der Waals surface area contributed by atoms with Crippen LogP contribution in [0.1, 0.15) is 55.0 Å². The first kappa shape index (κ1) is 26.8. The topological polar surface area (TPSA) is 68.2 Å². The molecule has 0 aliphatic carbocycles. The van der Waals surface area contributed by atoms with Crippen LogP contribution in [0, 0.1) is 18.8 Å². The minimum absolute atomic E-state index is 0.103. The lowest BCUT2D eigenvalue weighted by atomic mass is 10.1. The van der Waals surface area contributed by atoms with Gasteiger partial charge in [0, 0.05) is 28.3 Å². The summed E-state index contributed by atoms with van der Waals surface area (Å²) >= 11 is 6.29. The van der Waals surface area contributed by atoms with Gasteiger partial charge >= 0.3 is 0 Å². The number of nitrogens with one attached hydrogen (secondary N) is 2. The van der Waals surface area contributed by atoms with Gasteiger partial charge in [0.25, 0.3) is 5.91 Å². The van der Waals surface area contributed by atoms with Crippen molar-refractivity contribution in [3.63, 3.8) is 0 Å². The number of hydrogen-bond acceptors (Lipinski definition) is 4. The summed E-state index contributed by atoms with van der Waals surface area (Å²) in [6.07, 6.45) is 0.342. The molecule has 1 aromatic heterocycles. The van der Waals surface area contributed by atoms with Gasteiger partial charge in [-0.1, -0.05) is 57.5 Å². The van der Waals surface area contributed by atoms with Crippen LogP contribution in [-0.2, 0) is 13.0 Å². The van der Waals surface area contributed by atoms with Gasteiger partial charge in [0.15, 0.2) is 0 Å². The molecule has 2 aromatic carbocycles. The van der Waals surface area contributed by atoms with E-state index in [1.54, 1.807) is 0 Å². The monoisotopic (exact) mass is 496 g/mol. The Labute approximate surface area is 214 Å². The van der Waals surface area contributed by atoms with Crippen LogP contribution in [0.25, 0.3) is 0 Å². The summed E-state index contributed by atoms with van der Waals surface area (Å²) in [6, 6.07) is 17.0. The Morgan fingerprint density at radius 1 is 1.06 bits per heavy atom.